The van der Waals surface area contributed by atoms with Crippen LogP contribution in [0.1, 0.15) is 56.5 Å². The molecular weight excluding hydrogens is 466 g/mol. The van der Waals surface area contributed by atoms with Crippen LogP contribution in [0.25, 0.3) is 12.2 Å². The number of sulfonamides is 1. The number of aryl methyl sites for hydroxylation is 1. The second-order valence-electron chi connectivity index (χ2n) is 9.45. The van der Waals surface area contributed by atoms with Crippen molar-refractivity contribution in [3.05, 3.63) is 41.3 Å². The fourth-order valence-electron chi connectivity index (χ4n) is 4.83. The summed E-state index contributed by atoms with van der Waals surface area (Å²) in [7, 11) is -3.82. The molecule has 0 unspecified atom stereocenters. The summed E-state index contributed by atoms with van der Waals surface area (Å²) in [5.41, 5.74) is 1.14. The van der Waals surface area contributed by atoms with Crippen LogP contribution in [-0.4, -0.2) is 61.5 Å². The minimum Gasteiger partial charge on any atom is -0.493 e. The van der Waals surface area contributed by atoms with Crippen LogP contribution in [0.5, 0.6) is 5.75 Å². The largest absolute Gasteiger partial charge is 0.493 e. The minimum atomic E-state index is -3.82. The quantitative estimate of drug-likeness (QED) is 0.564. The van der Waals surface area contributed by atoms with Crippen molar-refractivity contribution in [2.45, 2.75) is 51.3 Å². The number of piperidine rings is 2. The van der Waals surface area contributed by atoms with Gasteiger partial charge in [0, 0.05) is 37.7 Å². The fourth-order valence-corrected chi connectivity index (χ4v) is 6.55. The summed E-state index contributed by atoms with van der Waals surface area (Å²) in [5, 5.41) is 3.94. The van der Waals surface area contributed by atoms with Gasteiger partial charge in [0.2, 0.25) is 15.9 Å². The van der Waals surface area contributed by atoms with Crippen LogP contribution in [0.4, 0.5) is 0 Å². The van der Waals surface area contributed by atoms with Gasteiger partial charge in [0.15, 0.2) is 10.7 Å². The van der Waals surface area contributed by atoms with Gasteiger partial charge >= 0.3 is 0 Å². The number of ether oxygens (including phenoxy) is 1. The van der Waals surface area contributed by atoms with E-state index in [-0.39, 0.29) is 22.5 Å². The number of carbonyl (C=O) groups is 1. The van der Waals surface area contributed by atoms with E-state index in [0.29, 0.717) is 49.9 Å². The van der Waals surface area contributed by atoms with Crippen molar-refractivity contribution >= 4 is 28.1 Å². The van der Waals surface area contributed by atoms with Crippen LogP contribution in [0.3, 0.4) is 0 Å². The molecule has 0 N–H and O–H groups in total. The number of hydrogen-bond acceptors (Lipinski definition) is 6. The molecular formula is C26H35N3O5S. The number of likely N-dealkylation sites (tertiary alicyclic amines) is 1. The Morgan fingerprint density at radius 3 is 2.49 bits per heavy atom. The zero-order valence-corrected chi connectivity index (χ0v) is 21.6. The highest BCUT2D eigenvalue weighted by Gasteiger charge is 2.37. The molecule has 0 aliphatic carbocycles. The average Bonchev–Trinajstić information content (AvgIpc) is 3.25. The van der Waals surface area contributed by atoms with Gasteiger partial charge in [0.05, 0.1) is 6.61 Å². The topological polar surface area (TPSA) is 93.0 Å². The monoisotopic (exact) mass is 501 g/mol. The summed E-state index contributed by atoms with van der Waals surface area (Å²) in [6.45, 7) is 8.53. The molecule has 2 saturated heterocycles. The summed E-state index contributed by atoms with van der Waals surface area (Å²) >= 11 is 0. The van der Waals surface area contributed by atoms with E-state index in [1.54, 1.807) is 19.1 Å². The number of benzene rings is 1. The van der Waals surface area contributed by atoms with Crippen molar-refractivity contribution in [2.24, 2.45) is 11.8 Å². The molecule has 2 aliphatic rings. The molecule has 0 saturated carbocycles. The molecule has 0 bridgehead atoms. The number of aromatic nitrogens is 1. The van der Waals surface area contributed by atoms with Gasteiger partial charge in [-0.1, -0.05) is 30.3 Å². The van der Waals surface area contributed by atoms with Gasteiger partial charge in [0.25, 0.3) is 0 Å². The summed E-state index contributed by atoms with van der Waals surface area (Å²) in [5.74, 6) is 1.62. The minimum absolute atomic E-state index is 0.0810. The molecule has 0 atom stereocenters. The smallest absolute Gasteiger partial charge is 0.248 e. The third-order valence-corrected chi connectivity index (χ3v) is 9.02. The van der Waals surface area contributed by atoms with Crippen LogP contribution in [0.2, 0.25) is 0 Å². The first kappa shape index (κ1) is 25.4. The first-order valence-corrected chi connectivity index (χ1v) is 13.9. The van der Waals surface area contributed by atoms with Crippen molar-refractivity contribution in [1.82, 2.24) is 14.4 Å². The van der Waals surface area contributed by atoms with Crippen LogP contribution < -0.4 is 4.74 Å². The Morgan fingerprint density at radius 1 is 1.11 bits per heavy atom. The van der Waals surface area contributed by atoms with Gasteiger partial charge in [-0.25, -0.2) is 8.42 Å². The van der Waals surface area contributed by atoms with E-state index in [4.69, 9.17) is 9.26 Å². The normalized spacial score (nSPS) is 18.9. The fraction of sp³-hybridized carbons (Fsp3) is 0.538. The second-order valence-corrected chi connectivity index (χ2v) is 11.3. The lowest BCUT2D eigenvalue weighted by Crippen LogP contribution is -2.46. The molecule has 8 nitrogen and oxygen atoms in total. The van der Waals surface area contributed by atoms with E-state index >= 15 is 0 Å². The Bertz CT molecular complexity index is 1160. The van der Waals surface area contributed by atoms with E-state index in [1.807, 2.05) is 36.1 Å². The summed E-state index contributed by atoms with van der Waals surface area (Å²) in [6, 6.07) is 7.53. The zero-order valence-electron chi connectivity index (χ0n) is 20.8. The zero-order chi connectivity index (χ0) is 25.0. The molecule has 1 amide bonds. The lowest BCUT2D eigenvalue weighted by molar-refractivity contribution is -0.138. The highest BCUT2D eigenvalue weighted by Crippen LogP contribution is 2.31. The molecule has 9 heteroatoms. The maximum Gasteiger partial charge on any atom is 0.248 e. The van der Waals surface area contributed by atoms with Crippen molar-refractivity contribution in [3.63, 3.8) is 0 Å². The summed E-state index contributed by atoms with van der Waals surface area (Å²) in [6.07, 6.45) is 6.53. The summed E-state index contributed by atoms with van der Waals surface area (Å²) < 4.78 is 39.6. The van der Waals surface area contributed by atoms with E-state index in [1.165, 1.54) is 4.31 Å². The molecule has 2 aliphatic heterocycles. The first-order chi connectivity index (χ1) is 16.8. The van der Waals surface area contributed by atoms with E-state index < -0.39 is 10.0 Å². The van der Waals surface area contributed by atoms with Crippen molar-refractivity contribution in [1.29, 1.82) is 0 Å². The highest BCUT2D eigenvalue weighted by molar-refractivity contribution is 7.89. The predicted molar refractivity (Wildman–Crippen MR) is 134 cm³/mol. The van der Waals surface area contributed by atoms with Gasteiger partial charge in [-0.3, -0.25) is 4.79 Å². The van der Waals surface area contributed by atoms with Crippen LogP contribution in [-0.2, 0) is 14.8 Å². The Hall–Kier alpha value is -2.65. The molecule has 1 aromatic carbocycles. The van der Waals surface area contributed by atoms with Crippen LogP contribution >= 0.6 is 0 Å². The number of rotatable bonds is 7. The number of nitrogens with zero attached hydrogens (tertiary/aromatic N) is 3. The molecule has 190 valence electrons. The number of carbonyl (C=O) groups excluding carboxylic acids is 1. The number of hydrogen-bond donors (Lipinski definition) is 0. The predicted octanol–water partition coefficient (Wildman–Crippen LogP) is 4.21. The molecule has 2 fully saturated rings. The molecule has 0 spiro atoms. The standard InChI is InChI=1S/C26H35N3O5S/c1-4-33-23-8-6-5-7-21(23)9-10-24-25(20(3)27-34-24)35(31,32)29-17-13-22(14-18-29)26(30)28-15-11-19(2)12-16-28/h5-10,19,22H,4,11-18H2,1-3H3. The Kier molecular flexibility index (Phi) is 7.96. The Labute approximate surface area is 208 Å². The van der Waals surface area contributed by atoms with E-state index in [2.05, 4.69) is 12.1 Å². The van der Waals surface area contributed by atoms with Crippen molar-refractivity contribution < 1.29 is 22.5 Å². The third-order valence-electron chi connectivity index (χ3n) is 6.96. The molecule has 3 heterocycles. The molecule has 35 heavy (non-hydrogen) atoms. The van der Waals surface area contributed by atoms with E-state index in [9.17, 15) is 13.2 Å². The van der Waals surface area contributed by atoms with Crippen molar-refractivity contribution in [3.8, 4) is 5.75 Å². The molecule has 4 rings (SSSR count). The molecule has 0 radical (unpaired) electrons. The van der Waals surface area contributed by atoms with Gasteiger partial charge in [-0.2, -0.15) is 4.31 Å². The van der Waals surface area contributed by atoms with Gasteiger partial charge in [-0.15, -0.1) is 0 Å². The van der Waals surface area contributed by atoms with Gasteiger partial charge < -0.3 is 14.2 Å². The van der Waals surface area contributed by atoms with Crippen LogP contribution in [0.15, 0.2) is 33.7 Å². The summed E-state index contributed by atoms with van der Waals surface area (Å²) in [4.78, 5) is 15.0. The van der Waals surface area contributed by atoms with Crippen molar-refractivity contribution in [2.75, 3.05) is 32.8 Å². The lowest BCUT2D eigenvalue weighted by Gasteiger charge is -2.36. The lowest BCUT2D eigenvalue weighted by atomic mass is 9.93. The number of amides is 1. The second kappa shape index (κ2) is 11.0. The third kappa shape index (κ3) is 5.62. The maximum absolute atomic E-state index is 13.6. The highest BCUT2D eigenvalue weighted by atomic mass is 32.2. The maximum atomic E-state index is 13.6. The van der Waals surface area contributed by atoms with Crippen LogP contribution in [0, 0.1) is 18.8 Å². The SMILES string of the molecule is CCOc1ccccc1C=Cc1onc(C)c1S(=O)(=O)N1CCC(C(=O)N2CCC(C)CC2)CC1. The van der Waals surface area contributed by atoms with E-state index in [0.717, 1.165) is 31.5 Å². The first-order valence-electron chi connectivity index (χ1n) is 12.5. The number of para-hydroxylation sites is 1. The van der Waals surface area contributed by atoms with Gasteiger partial charge in [-0.05, 0) is 63.7 Å². The molecule has 1 aromatic heterocycles. The Balaban J connectivity index is 1.46. The average molecular weight is 502 g/mol. The Morgan fingerprint density at radius 2 is 1.80 bits per heavy atom. The van der Waals surface area contributed by atoms with Gasteiger partial charge in [0.1, 0.15) is 11.4 Å². The molecule has 2 aromatic rings.